The molecule has 6 heteroatoms. The number of hydrogen-bond acceptors (Lipinski definition) is 4. The zero-order valence-corrected chi connectivity index (χ0v) is 15.1. The standard InChI is InChI=1S/C20H27N3O3/c24-20(14-5-3-10-19(11-14)23(25)26)21-15-12-17-8-4-9-18(13-15)22(17)16-6-1-2-7-16/h3,5,10-11,15-18H,1-2,4,6-9,12-13H2,(H,21,24)/t17-,18-/m0/s1. The number of nitrogens with zero attached hydrogens (tertiary/aromatic N) is 2. The highest BCUT2D eigenvalue weighted by atomic mass is 16.6. The number of piperidine rings is 2. The van der Waals surface area contributed by atoms with Gasteiger partial charge in [0.15, 0.2) is 0 Å². The van der Waals surface area contributed by atoms with Crippen molar-refractivity contribution in [3.05, 3.63) is 39.9 Å². The van der Waals surface area contributed by atoms with Crippen LogP contribution in [0.5, 0.6) is 0 Å². The first-order valence-electron chi connectivity index (χ1n) is 9.94. The molecule has 1 N–H and O–H groups in total. The predicted octanol–water partition coefficient (Wildman–Crippen LogP) is 3.65. The van der Waals surface area contributed by atoms with Crippen LogP contribution < -0.4 is 5.32 Å². The van der Waals surface area contributed by atoms with Crippen LogP contribution in [-0.4, -0.2) is 39.9 Å². The molecule has 0 spiro atoms. The van der Waals surface area contributed by atoms with Crippen molar-refractivity contribution in [2.75, 3.05) is 0 Å². The van der Waals surface area contributed by atoms with Crippen molar-refractivity contribution in [1.29, 1.82) is 0 Å². The van der Waals surface area contributed by atoms with E-state index in [1.165, 1.54) is 57.1 Å². The first-order chi connectivity index (χ1) is 12.6. The van der Waals surface area contributed by atoms with Crippen molar-refractivity contribution in [3.63, 3.8) is 0 Å². The molecule has 0 aromatic heterocycles. The Morgan fingerprint density at radius 2 is 1.69 bits per heavy atom. The Kier molecular flexibility index (Phi) is 4.94. The van der Waals surface area contributed by atoms with Crippen LogP contribution >= 0.6 is 0 Å². The van der Waals surface area contributed by atoms with Gasteiger partial charge >= 0.3 is 0 Å². The first kappa shape index (κ1) is 17.5. The number of hydrogen-bond donors (Lipinski definition) is 1. The molecule has 1 amide bonds. The first-order valence-corrected chi connectivity index (χ1v) is 9.94. The lowest BCUT2D eigenvalue weighted by atomic mass is 9.80. The zero-order valence-electron chi connectivity index (χ0n) is 15.1. The summed E-state index contributed by atoms with van der Waals surface area (Å²) in [7, 11) is 0. The number of benzene rings is 1. The van der Waals surface area contributed by atoms with Gasteiger partial charge in [0.2, 0.25) is 0 Å². The van der Waals surface area contributed by atoms with E-state index >= 15 is 0 Å². The van der Waals surface area contributed by atoms with Crippen molar-refractivity contribution in [2.45, 2.75) is 82.0 Å². The molecule has 3 aliphatic rings. The molecular weight excluding hydrogens is 330 g/mol. The molecule has 0 unspecified atom stereocenters. The second kappa shape index (κ2) is 7.35. The molecule has 6 nitrogen and oxygen atoms in total. The summed E-state index contributed by atoms with van der Waals surface area (Å²) in [6, 6.07) is 8.10. The molecule has 2 atom stereocenters. The van der Waals surface area contributed by atoms with E-state index in [2.05, 4.69) is 10.2 Å². The summed E-state index contributed by atoms with van der Waals surface area (Å²) >= 11 is 0. The lowest BCUT2D eigenvalue weighted by molar-refractivity contribution is -0.384. The Labute approximate surface area is 154 Å². The Morgan fingerprint density at radius 1 is 1.04 bits per heavy atom. The maximum absolute atomic E-state index is 12.6. The van der Waals surface area contributed by atoms with E-state index in [-0.39, 0.29) is 17.6 Å². The molecule has 140 valence electrons. The fraction of sp³-hybridized carbons (Fsp3) is 0.650. The molecule has 1 saturated carbocycles. The van der Waals surface area contributed by atoms with Crippen LogP contribution in [-0.2, 0) is 0 Å². The SMILES string of the molecule is O=C(NC1C[C@@H]2CCC[C@@H](C1)N2C1CCCC1)c1cccc([N+](=O)[O-])c1. The molecule has 4 rings (SSSR count). The summed E-state index contributed by atoms with van der Waals surface area (Å²) < 4.78 is 0. The topological polar surface area (TPSA) is 75.5 Å². The smallest absolute Gasteiger partial charge is 0.270 e. The number of fused-ring (bicyclic) bond motifs is 2. The molecule has 2 saturated heterocycles. The Morgan fingerprint density at radius 3 is 2.35 bits per heavy atom. The van der Waals surface area contributed by atoms with Crippen molar-refractivity contribution in [1.82, 2.24) is 10.2 Å². The van der Waals surface area contributed by atoms with E-state index in [1.54, 1.807) is 12.1 Å². The van der Waals surface area contributed by atoms with Gasteiger partial charge in [0.25, 0.3) is 11.6 Å². The van der Waals surface area contributed by atoms with E-state index < -0.39 is 4.92 Å². The summed E-state index contributed by atoms with van der Waals surface area (Å²) in [5.74, 6) is -0.189. The molecule has 1 aliphatic carbocycles. The molecule has 1 aromatic rings. The van der Waals surface area contributed by atoms with Crippen LogP contribution in [0.15, 0.2) is 24.3 Å². The van der Waals surface area contributed by atoms with Gasteiger partial charge in [0.05, 0.1) is 4.92 Å². The molecule has 2 bridgehead atoms. The number of rotatable bonds is 4. The van der Waals surface area contributed by atoms with E-state index in [0.717, 1.165) is 18.9 Å². The molecule has 0 radical (unpaired) electrons. The minimum absolute atomic E-state index is 0.0365. The highest BCUT2D eigenvalue weighted by molar-refractivity contribution is 5.95. The average molecular weight is 357 g/mol. The number of amides is 1. The van der Waals surface area contributed by atoms with Crippen LogP contribution in [0.2, 0.25) is 0 Å². The average Bonchev–Trinajstić information content (AvgIpc) is 3.15. The second-order valence-electron chi connectivity index (χ2n) is 8.07. The monoisotopic (exact) mass is 357 g/mol. The number of non-ortho nitro benzene ring substituents is 1. The maximum atomic E-state index is 12.6. The van der Waals surface area contributed by atoms with Gasteiger partial charge in [0, 0.05) is 41.9 Å². The Hall–Kier alpha value is -1.95. The third kappa shape index (κ3) is 3.47. The van der Waals surface area contributed by atoms with Crippen molar-refractivity contribution < 1.29 is 9.72 Å². The molecule has 1 aromatic carbocycles. The lowest BCUT2D eigenvalue weighted by Crippen LogP contribution is -2.59. The van der Waals surface area contributed by atoms with E-state index in [4.69, 9.17) is 0 Å². The minimum atomic E-state index is -0.457. The summed E-state index contributed by atoms with van der Waals surface area (Å²) in [6.07, 6.45) is 11.1. The molecular formula is C20H27N3O3. The number of nitrogens with one attached hydrogen (secondary N) is 1. The van der Waals surface area contributed by atoms with Crippen LogP contribution in [0.1, 0.15) is 68.1 Å². The van der Waals surface area contributed by atoms with Gasteiger partial charge in [-0.15, -0.1) is 0 Å². The van der Waals surface area contributed by atoms with Crippen molar-refractivity contribution >= 4 is 11.6 Å². The molecule has 2 aliphatic heterocycles. The third-order valence-electron chi connectivity index (χ3n) is 6.43. The Bertz CT molecular complexity index is 673. The van der Waals surface area contributed by atoms with Crippen LogP contribution in [0.4, 0.5) is 5.69 Å². The van der Waals surface area contributed by atoms with Gasteiger partial charge in [-0.1, -0.05) is 25.3 Å². The quantitative estimate of drug-likeness (QED) is 0.659. The maximum Gasteiger partial charge on any atom is 0.270 e. The summed E-state index contributed by atoms with van der Waals surface area (Å²) in [4.78, 5) is 25.9. The fourth-order valence-electron chi connectivity index (χ4n) is 5.36. The summed E-state index contributed by atoms with van der Waals surface area (Å²) in [6.45, 7) is 0. The molecule has 26 heavy (non-hydrogen) atoms. The Balaban J connectivity index is 1.42. The van der Waals surface area contributed by atoms with E-state index in [0.29, 0.717) is 17.6 Å². The highest BCUT2D eigenvalue weighted by Gasteiger charge is 2.42. The summed E-state index contributed by atoms with van der Waals surface area (Å²) in [5.41, 5.74) is 0.341. The molecule has 3 fully saturated rings. The van der Waals surface area contributed by atoms with E-state index in [1.807, 2.05) is 0 Å². The fourth-order valence-corrected chi connectivity index (χ4v) is 5.36. The summed E-state index contributed by atoms with van der Waals surface area (Å²) in [5, 5.41) is 14.1. The number of nitro benzene ring substituents is 1. The van der Waals surface area contributed by atoms with Crippen molar-refractivity contribution in [3.8, 4) is 0 Å². The van der Waals surface area contributed by atoms with Gasteiger partial charge in [-0.25, -0.2) is 0 Å². The number of carbonyl (C=O) groups is 1. The van der Waals surface area contributed by atoms with Gasteiger partial charge in [-0.05, 0) is 44.6 Å². The minimum Gasteiger partial charge on any atom is -0.349 e. The number of carbonyl (C=O) groups excluding carboxylic acids is 1. The van der Waals surface area contributed by atoms with Gasteiger partial charge in [-0.2, -0.15) is 0 Å². The van der Waals surface area contributed by atoms with Crippen LogP contribution in [0, 0.1) is 10.1 Å². The highest BCUT2D eigenvalue weighted by Crippen LogP contribution is 2.39. The third-order valence-corrected chi connectivity index (χ3v) is 6.43. The zero-order chi connectivity index (χ0) is 18.1. The molecule has 2 heterocycles. The predicted molar refractivity (Wildman–Crippen MR) is 99.1 cm³/mol. The lowest BCUT2D eigenvalue weighted by Gasteiger charge is -2.51. The second-order valence-corrected chi connectivity index (χ2v) is 8.07. The largest absolute Gasteiger partial charge is 0.349 e. The van der Waals surface area contributed by atoms with Crippen molar-refractivity contribution in [2.24, 2.45) is 0 Å². The van der Waals surface area contributed by atoms with E-state index in [9.17, 15) is 14.9 Å². The normalized spacial score (nSPS) is 29.5. The van der Waals surface area contributed by atoms with Crippen LogP contribution in [0.25, 0.3) is 0 Å². The van der Waals surface area contributed by atoms with Gasteiger partial charge in [-0.3, -0.25) is 19.8 Å². The van der Waals surface area contributed by atoms with Gasteiger partial charge < -0.3 is 5.32 Å². The van der Waals surface area contributed by atoms with Gasteiger partial charge in [0.1, 0.15) is 0 Å². The van der Waals surface area contributed by atoms with Crippen LogP contribution in [0.3, 0.4) is 0 Å². The number of nitro groups is 1.